The van der Waals surface area contributed by atoms with Gasteiger partial charge in [0.15, 0.2) is 11.6 Å². The summed E-state index contributed by atoms with van der Waals surface area (Å²) in [5.41, 5.74) is 1.66. The van der Waals surface area contributed by atoms with Gasteiger partial charge in [-0.25, -0.2) is 8.78 Å². The smallest absolute Gasteiger partial charge is 0.159 e. The topological polar surface area (TPSA) is 20.2 Å². The van der Waals surface area contributed by atoms with Crippen LogP contribution in [-0.4, -0.2) is 11.2 Å². The van der Waals surface area contributed by atoms with E-state index in [4.69, 9.17) is 0 Å². The summed E-state index contributed by atoms with van der Waals surface area (Å²) in [4.78, 5) is 0. The second-order valence-corrected chi connectivity index (χ2v) is 4.95. The SMILES string of the molecule is CCC(c1ccccc1)C(O)Cc1ccc(F)c(F)c1. The van der Waals surface area contributed by atoms with Gasteiger partial charge in [0.05, 0.1) is 6.10 Å². The minimum atomic E-state index is -0.873. The fraction of sp³-hybridized carbons (Fsp3) is 0.294. The van der Waals surface area contributed by atoms with Gasteiger partial charge in [-0.15, -0.1) is 0 Å². The zero-order chi connectivity index (χ0) is 14.5. The Kier molecular flexibility index (Phi) is 4.85. The van der Waals surface area contributed by atoms with Gasteiger partial charge in [-0.3, -0.25) is 0 Å². The number of aliphatic hydroxyl groups excluding tert-OH is 1. The Morgan fingerprint density at radius 2 is 1.70 bits per heavy atom. The number of rotatable bonds is 5. The lowest BCUT2D eigenvalue weighted by Crippen LogP contribution is -2.20. The van der Waals surface area contributed by atoms with Crippen LogP contribution in [0.5, 0.6) is 0 Å². The largest absolute Gasteiger partial charge is 0.392 e. The summed E-state index contributed by atoms with van der Waals surface area (Å²) < 4.78 is 26.1. The van der Waals surface area contributed by atoms with Crippen molar-refractivity contribution >= 4 is 0 Å². The van der Waals surface area contributed by atoms with E-state index in [9.17, 15) is 13.9 Å². The Hall–Kier alpha value is -1.74. The van der Waals surface area contributed by atoms with Crippen LogP contribution in [-0.2, 0) is 6.42 Å². The normalized spacial score (nSPS) is 14.0. The van der Waals surface area contributed by atoms with Gasteiger partial charge in [0.25, 0.3) is 0 Å². The van der Waals surface area contributed by atoms with Gasteiger partial charge in [0, 0.05) is 5.92 Å². The third kappa shape index (κ3) is 3.42. The molecule has 1 nitrogen and oxygen atoms in total. The standard InChI is InChI=1S/C17H18F2O/c1-2-14(13-6-4-3-5-7-13)17(20)11-12-8-9-15(18)16(19)10-12/h3-10,14,17,20H,2,11H2,1H3. The van der Waals surface area contributed by atoms with Crippen molar-refractivity contribution in [3.05, 3.63) is 71.3 Å². The van der Waals surface area contributed by atoms with E-state index in [1.165, 1.54) is 6.07 Å². The summed E-state index contributed by atoms with van der Waals surface area (Å²) >= 11 is 0. The van der Waals surface area contributed by atoms with Crippen molar-refractivity contribution in [1.82, 2.24) is 0 Å². The molecule has 0 aliphatic heterocycles. The number of benzene rings is 2. The maximum atomic E-state index is 13.2. The Morgan fingerprint density at radius 3 is 2.30 bits per heavy atom. The average molecular weight is 276 g/mol. The highest BCUT2D eigenvalue weighted by Crippen LogP contribution is 2.25. The Bertz CT molecular complexity index is 554. The predicted octanol–water partition coefficient (Wildman–Crippen LogP) is 4.06. The molecule has 0 spiro atoms. The summed E-state index contributed by atoms with van der Waals surface area (Å²) in [5, 5.41) is 10.4. The van der Waals surface area contributed by atoms with Crippen LogP contribution in [0, 0.1) is 11.6 Å². The highest BCUT2D eigenvalue weighted by Gasteiger charge is 2.20. The number of aliphatic hydroxyl groups is 1. The van der Waals surface area contributed by atoms with Crippen LogP contribution in [0.2, 0.25) is 0 Å². The molecule has 1 N–H and O–H groups in total. The first-order chi connectivity index (χ1) is 9.61. The molecule has 0 radical (unpaired) electrons. The van der Waals surface area contributed by atoms with Crippen molar-refractivity contribution in [3.8, 4) is 0 Å². The summed E-state index contributed by atoms with van der Waals surface area (Å²) in [6, 6.07) is 13.5. The first kappa shape index (κ1) is 14.7. The minimum absolute atomic E-state index is 0.00989. The van der Waals surface area contributed by atoms with Crippen LogP contribution in [0.4, 0.5) is 8.78 Å². The molecule has 2 rings (SSSR count). The molecular formula is C17H18F2O. The molecule has 0 aromatic heterocycles. The van der Waals surface area contributed by atoms with Crippen molar-refractivity contribution in [3.63, 3.8) is 0 Å². The van der Waals surface area contributed by atoms with Gasteiger partial charge in [0.1, 0.15) is 0 Å². The third-order valence-electron chi connectivity index (χ3n) is 3.56. The molecule has 0 saturated carbocycles. The first-order valence-corrected chi connectivity index (χ1v) is 6.78. The van der Waals surface area contributed by atoms with Crippen molar-refractivity contribution in [1.29, 1.82) is 0 Å². The van der Waals surface area contributed by atoms with Crippen LogP contribution in [0.1, 0.15) is 30.4 Å². The average Bonchev–Trinajstić information content (AvgIpc) is 2.45. The maximum Gasteiger partial charge on any atom is 0.159 e. The number of hydrogen-bond acceptors (Lipinski definition) is 1. The van der Waals surface area contributed by atoms with Gasteiger partial charge in [-0.1, -0.05) is 43.3 Å². The highest BCUT2D eigenvalue weighted by molar-refractivity contribution is 5.23. The van der Waals surface area contributed by atoms with E-state index in [1.807, 2.05) is 37.3 Å². The van der Waals surface area contributed by atoms with E-state index < -0.39 is 17.7 Å². The molecule has 2 atom stereocenters. The molecule has 0 aliphatic carbocycles. The molecule has 2 aromatic carbocycles. The fourth-order valence-corrected chi connectivity index (χ4v) is 2.48. The number of halogens is 2. The maximum absolute atomic E-state index is 13.2. The van der Waals surface area contributed by atoms with Crippen LogP contribution >= 0.6 is 0 Å². The van der Waals surface area contributed by atoms with Crippen molar-refractivity contribution in [2.24, 2.45) is 0 Å². The van der Waals surface area contributed by atoms with E-state index in [0.29, 0.717) is 12.0 Å². The van der Waals surface area contributed by atoms with Crippen molar-refractivity contribution in [2.45, 2.75) is 31.8 Å². The van der Waals surface area contributed by atoms with Gasteiger partial charge in [-0.05, 0) is 36.1 Å². The van der Waals surface area contributed by atoms with Crippen molar-refractivity contribution in [2.75, 3.05) is 0 Å². The first-order valence-electron chi connectivity index (χ1n) is 6.78. The number of hydrogen-bond donors (Lipinski definition) is 1. The fourth-order valence-electron chi connectivity index (χ4n) is 2.48. The van der Waals surface area contributed by atoms with Gasteiger partial charge < -0.3 is 5.11 Å². The quantitative estimate of drug-likeness (QED) is 0.873. The van der Waals surface area contributed by atoms with Crippen LogP contribution in [0.3, 0.4) is 0 Å². The van der Waals surface area contributed by atoms with Crippen LogP contribution in [0.15, 0.2) is 48.5 Å². The molecule has 2 aromatic rings. The van der Waals surface area contributed by atoms with Gasteiger partial charge in [-0.2, -0.15) is 0 Å². The molecule has 2 unspecified atom stereocenters. The Morgan fingerprint density at radius 1 is 1.00 bits per heavy atom. The Labute approximate surface area is 117 Å². The van der Waals surface area contributed by atoms with E-state index in [0.717, 1.165) is 24.1 Å². The molecule has 0 amide bonds. The Balaban J connectivity index is 2.13. The molecule has 106 valence electrons. The predicted molar refractivity (Wildman–Crippen MR) is 75.5 cm³/mol. The van der Waals surface area contributed by atoms with E-state index in [2.05, 4.69) is 0 Å². The lowest BCUT2D eigenvalue weighted by atomic mass is 9.88. The van der Waals surface area contributed by atoms with Gasteiger partial charge >= 0.3 is 0 Å². The van der Waals surface area contributed by atoms with Gasteiger partial charge in [0.2, 0.25) is 0 Å². The van der Waals surface area contributed by atoms with Crippen LogP contribution < -0.4 is 0 Å². The zero-order valence-electron chi connectivity index (χ0n) is 11.4. The lowest BCUT2D eigenvalue weighted by Gasteiger charge is -2.22. The summed E-state index contributed by atoms with van der Waals surface area (Å²) in [6.45, 7) is 2.01. The molecule has 0 heterocycles. The summed E-state index contributed by atoms with van der Waals surface area (Å²) in [5.74, 6) is -1.75. The zero-order valence-corrected chi connectivity index (χ0v) is 11.4. The van der Waals surface area contributed by atoms with Crippen LogP contribution in [0.25, 0.3) is 0 Å². The minimum Gasteiger partial charge on any atom is -0.392 e. The summed E-state index contributed by atoms with van der Waals surface area (Å²) in [7, 11) is 0. The molecular weight excluding hydrogens is 258 g/mol. The molecule has 3 heteroatoms. The molecule has 0 bridgehead atoms. The molecule has 0 fully saturated rings. The second kappa shape index (κ2) is 6.62. The molecule has 20 heavy (non-hydrogen) atoms. The third-order valence-corrected chi connectivity index (χ3v) is 3.56. The van der Waals surface area contributed by atoms with E-state index in [1.54, 1.807) is 0 Å². The van der Waals surface area contributed by atoms with Crippen molar-refractivity contribution < 1.29 is 13.9 Å². The molecule has 0 aliphatic rings. The highest BCUT2D eigenvalue weighted by atomic mass is 19.2. The summed E-state index contributed by atoms with van der Waals surface area (Å²) in [6.07, 6.45) is 0.478. The molecule has 0 saturated heterocycles. The van der Waals surface area contributed by atoms with E-state index >= 15 is 0 Å². The monoisotopic (exact) mass is 276 g/mol. The lowest BCUT2D eigenvalue weighted by molar-refractivity contribution is 0.140. The second-order valence-electron chi connectivity index (χ2n) is 4.95. The van der Waals surface area contributed by atoms with E-state index in [-0.39, 0.29) is 5.92 Å².